The Labute approximate surface area is 166 Å². The molecule has 0 saturated carbocycles. The summed E-state index contributed by atoms with van der Waals surface area (Å²) < 4.78 is 31.6. The molecular weight excluding hydrogens is 415 g/mol. The van der Waals surface area contributed by atoms with E-state index in [1.165, 1.54) is 49.4 Å². The SMILES string of the molecule is COC(=O)CN(c1ccc(Cl)cc1Cl)S(=O)(=O)c1ccc(NC(C)=O)cc1. The van der Waals surface area contributed by atoms with Crippen molar-refractivity contribution in [3.8, 4) is 0 Å². The zero-order valence-corrected chi connectivity index (χ0v) is 16.7. The number of hydrogen-bond acceptors (Lipinski definition) is 5. The number of carbonyl (C=O) groups excluding carboxylic acids is 2. The molecule has 0 bridgehead atoms. The molecule has 7 nitrogen and oxygen atoms in total. The van der Waals surface area contributed by atoms with Gasteiger partial charge in [-0.05, 0) is 42.5 Å². The van der Waals surface area contributed by atoms with Crippen molar-refractivity contribution in [2.24, 2.45) is 0 Å². The molecule has 0 heterocycles. The van der Waals surface area contributed by atoms with Gasteiger partial charge in [0.2, 0.25) is 5.91 Å². The van der Waals surface area contributed by atoms with Gasteiger partial charge < -0.3 is 10.1 Å². The van der Waals surface area contributed by atoms with Gasteiger partial charge >= 0.3 is 5.97 Å². The molecule has 0 aliphatic rings. The lowest BCUT2D eigenvalue weighted by atomic mass is 10.3. The summed E-state index contributed by atoms with van der Waals surface area (Å²) in [5.41, 5.74) is 0.517. The molecule has 0 unspecified atom stereocenters. The highest BCUT2D eigenvalue weighted by molar-refractivity contribution is 7.92. The van der Waals surface area contributed by atoms with Crippen LogP contribution in [0.2, 0.25) is 10.0 Å². The number of esters is 1. The number of anilines is 2. The van der Waals surface area contributed by atoms with Crippen molar-refractivity contribution in [1.29, 1.82) is 0 Å². The molecule has 144 valence electrons. The van der Waals surface area contributed by atoms with Crippen LogP contribution in [0.5, 0.6) is 0 Å². The molecule has 0 aromatic heterocycles. The number of ether oxygens (including phenoxy) is 1. The summed E-state index contributed by atoms with van der Waals surface area (Å²) in [7, 11) is -3.00. The van der Waals surface area contributed by atoms with Crippen molar-refractivity contribution in [3.05, 3.63) is 52.5 Å². The van der Waals surface area contributed by atoms with Gasteiger partial charge in [0, 0.05) is 17.6 Å². The Bertz CT molecular complexity index is 962. The second-order valence-electron chi connectivity index (χ2n) is 5.39. The lowest BCUT2D eigenvalue weighted by molar-refractivity contribution is -0.138. The largest absolute Gasteiger partial charge is 0.468 e. The second kappa shape index (κ2) is 8.60. The molecule has 0 aliphatic carbocycles. The third-order valence-electron chi connectivity index (χ3n) is 3.44. The molecule has 0 fully saturated rings. The molecular formula is C17H16Cl2N2O5S. The standard InChI is InChI=1S/C17H16Cl2N2O5S/c1-11(22)20-13-4-6-14(7-5-13)27(24,25)21(10-17(23)26-2)16-8-3-12(18)9-15(16)19/h3-9H,10H2,1-2H3,(H,20,22). The van der Waals surface area contributed by atoms with E-state index in [0.29, 0.717) is 10.7 Å². The van der Waals surface area contributed by atoms with Gasteiger partial charge in [-0.1, -0.05) is 23.2 Å². The van der Waals surface area contributed by atoms with Gasteiger partial charge in [0.25, 0.3) is 10.0 Å². The number of halogens is 2. The van der Waals surface area contributed by atoms with Crippen LogP contribution in [-0.2, 0) is 24.3 Å². The van der Waals surface area contributed by atoms with E-state index < -0.39 is 22.5 Å². The Morgan fingerprint density at radius 1 is 1.11 bits per heavy atom. The first-order chi connectivity index (χ1) is 12.6. The third kappa shape index (κ3) is 5.12. The van der Waals surface area contributed by atoms with E-state index in [1.807, 2.05) is 0 Å². The van der Waals surface area contributed by atoms with Gasteiger partial charge in [-0.2, -0.15) is 0 Å². The van der Waals surface area contributed by atoms with Crippen molar-refractivity contribution in [3.63, 3.8) is 0 Å². The maximum atomic E-state index is 13.1. The lowest BCUT2D eigenvalue weighted by Crippen LogP contribution is -2.36. The number of methoxy groups -OCH3 is 1. The maximum absolute atomic E-state index is 13.1. The summed E-state index contributed by atoms with van der Waals surface area (Å²) in [5, 5.41) is 2.92. The number of rotatable bonds is 6. The second-order valence-corrected chi connectivity index (χ2v) is 8.10. The summed E-state index contributed by atoms with van der Waals surface area (Å²) in [6.07, 6.45) is 0. The fourth-order valence-corrected chi connectivity index (χ4v) is 4.19. The van der Waals surface area contributed by atoms with E-state index in [2.05, 4.69) is 10.1 Å². The minimum atomic E-state index is -4.15. The van der Waals surface area contributed by atoms with Gasteiger partial charge in [0.15, 0.2) is 0 Å². The Morgan fingerprint density at radius 2 is 1.74 bits per heavy atom. The Morgan fingerprint density at radius 3 is 2.26 bits per heavy atom. The molecule has 0 spiro atoms. The molecule has 2 rings (SSSR count). The van der Waals surface area contributed by atoms with Gasteiger partial charge in [-0.25, -0.2) is 8.42 Å². The minimum absolute atomic E-state index is 0.0600. The van der Waals surface area contributed by atoms with Crippen molar-refractivity contribution in [2.75, 3.05) is 23.3 Å². The van der Waals surface area contributed by atoms with E-state index in [1.54, 1.807) is 0 Å². The van der Waals surface area contributed by atoms with Gasteiger partial charge in [0.05, 0.1) is 22.7 Å². The predicted octanol–water partition coefficient (Wildman–Crippen LogP) is 3.32. The fourth-order valence-electron chi connectivity index (χ4n) is 2.21. The zero-order chi connectivity index (χ0) is 20.2. The van der Waals surface area contributed by atoms with Crippen LogP contribution in [0.15, 0.2) is 47.4 Å². The molecule has 0 radical (unpaired) electrons. The van der Waals surface area contributed by atoms with E-state index in [0.717, 1.165) is 11.4 Å². The number of nitrogens with one attached hydrogen (secondary N) is 1. The highest BCUT2D eigenvalue weighted by atomic mass is 35.5. The number of amides is 1. The number of carbonyl (C=O) groups is 2. The summed E-state index contributed by atoms with van der Waals surface area (Å²) in [6.45, 7) is 0.763. The zero-order valence-electron chi connectivity index (χ0n) is 14.4. The molecule has 27 heavy (non-hydrogen) atoms. The van der Waals surface area contributed by atoms with E-state index in [4.69, 9.17) is 23.2 Å². The normalized spacial score (nSPS) is 11.0. The molecule has 2 aromatic rings. The lowest BCUT2D eigenvalue weighted by Gasteiger charge is -2.24. The number of hydrogen-bond donors (Lipinski definition) is 1. The van der Waals surface area contributed by atoms with E-state index in [-0.39, 0.29) is 21.5 Å². The molecule has 0 aliphatic heterocycles. The first kappa shape index (κ1) is 21.0. The number of benzene rings is 2. The third-order valence-corrected chi connectivity index (χ3v) is 5.75. The van der Waals surface area contributed by atoms with Crippen LogP contribution in [0.1, 0.15) is 6.92 Å². The van der Waals surface area contributed by atoms with Crippen LogP contribution in [0.3, 0.4) is 0 Å². The van der Waals surface area contributed by atoms with Crippen molar-refractivity contribution >= 4 is 56.5 Å². The highest BCUT2D eigenvalue weighted by Crippen LogP contribution is 2.32. The van der Waals surface area contributed by atoms with E-state index >= 15 is 0 Å². The van der Waals surface area contributed by atoms with Crippen LogP contribution in [0.4, 0.5) is 11.4 Å². The maximum Gasteiger partial charge on any atom is 0.326 e. The average molecular weight is 431 g/mol. The van der Waals surface area contributed by atoms with Gasteiger partial charge in [-0.3, -0.25) is 13.9 Å². The number of sulfonamides is 1. The van der Waals surface area contributed by atoms with Gasteiger partial charge in [-0.15, -0.1) is 0 Å². The first-order valence-corrected chi connectivity index (χ1v) is 9.77. The summed E-state index contributed by atoms with van der Waals surface area (Å²) >= 11 is 12.0. The smallest absolute Gasteiger partial charge is 0.326 e. The Kier molecular flexibility index (Phi) is 6.69. The van der Waals surface area contributed by atoms with Crippen molar-refractivity contribution in [2.45, 2.75) is 11.8 Å². The van der Waals surface area contributed by atoms with Crippen LogP contribution >= 0.6 is 23.2 Å². The molecule has 10 heteroatoms. The molecule has 1 amide bonds. The monoisotopic (exact) mass is 430 g/mol. The minimum Gasteiger partial charge on any atom is -0.468 e. The van der Waals surface area contributed by atoms with Crippen molar-refractivity contribution in [1.82, 2.24) is 0 Å². The van der Waals surface area contributed by atoms with Crippen molar-refractivity contribution < 1.29 is 22.7 Å². The Hall–Kier alpha value is -2.29. The summed E-state index contributed by atoms with van der Waals surface area (Å²) in [5.74, 6) is -1.05. The Balaban J connectivity index is 2.49. The predicted molar refractivity (Wildman–Crippen MR) is 104 cm³/mol. The van der Waals surface area contributed by atoms with Crippen LogP contribution in [0, 0.1) is 0 Å². The summed E-state index contributed by atoms with van der Waals surface area (Å²) in [4.78, 5) is 22.8. The highest BCUT2D eigenvalue weighted by Gasteiger charge is 2.29. The quantitative estimate of drug-likeness (QED) is 0.709. The average Bonchev–Trinajstić information content (AvgIpc) is 2.60. The van der Waals surface area contributed by atoms with Gasteiger partial charge in [0.1, 0.15) is 6.54 Å². The fraction of sp³-hybridized carbons (Fsp3) is 0.176. The molecule has 2 aromatic carbocycles. The molecule has 1 N–H and O–H groups in total. The first-order valence-electron chi connectivity index (χ1n) is 7.57. The molecule has 0 saturated heterocycles. The molecule has 0 atom stereocenters. The van der Waals surface area contributed by atoms with E-state index in [9.17, 15) is 18.0 Å². The van der Waals surface area contributed by atoms with Crippen LogP contribution < -0.4 is 9.62 Å². The van der Waals surface area contributed by atoms with Crippen LogP contribution in [0.25, 0.3) is 0 Å². The number of nitrogens with zero attached hydrogens (tertiary/aromatic N) is 1. The summed E-state index contributed by atoms with van der Waals surface area (Å²) in [6, 6.07) is 9.74. The topological polar surface area (TPSA) is 92.8 Å². The van der Waals surface area contributed by atoms with Crippen LogP contribution in [-0.4, -0.2) is 33.9 Å².